The Morgan fingerprint density at radius 1 is 0.688 bits per heavy atom. The van der Waals surface area contributed by atoms with Gasteiger partial charge >= 0.3 is 0 Å². The van der Waals surface area contributed by atoms with Gasteiger partial charge in [-0.25, -0.2) is 0 Å². The standard InChI is InChI=1S/C9H19BN2.2C2H6/c1-6-8(3)12(10)9(4)7(2)11(6)5;2*1-2/h6-9H,1-5H3;2*1-2H3. The lowest BCUT2D eigenvalue weighted by atomic mass is 9.92. The lowest BCUT2D eigenvalue weighted by Gasteiger charge is -2.50. The van der Waals surface area contributed by atoms with Crippen molar-refractivity contribution < 1.29 is 0 Å². The lowest BCUT2D eigenvalue weighted by molar-refractivity contribution is 0.0256. The van der Waals surface area contributed by atoms with E-state index in [1.807, 2.05) is 32.5 Å². The molecule has 1 saturated heterocycles. The van der Waals surface area contributed by atoms with Crippen molar-refractivity contribution in [1.82, 2.24) is 9.71 Å². The molecule has 0 bridgehead atoms. The molecule has 1 aliphatic heterocycles. The molecular formula is C13H31BN2. The summed E-state index contributed by atoms with van der Waals surface area (Å²) in [6.45, 7) is 16.8. The maximum Gasteiger partial charge on any atom is 0.183 e. The highest BCUT2D eigenvalue weighted by atomic mass is 15.3. The normalized spacial score (nSPS) is 35.6. The molecule has 0 aromatic carbocycles. The molecule has 2 radical (unpaired) electrons. The van der Waals surface area contributed by atoms with Crippen molar-refractivity contribution in [2.75, 3.05) is 7.05 Å². The summed E-state index contributed by atoms with van der Waals surface area (Å²) in [4.78, 5) is 4.38. The second kappa shape index (κ2) is 9.06. The molecule has 1 heterocycles. The van der Waals surface area contributed by atoms with Crippen LogP contribution in [0.4, 0.5) is 0 Å². The highest BCUT2D eigenvalue weighted by Gasteiger charge is 2.34. The number of piperazine rings is 1. The number of hydrogen-bond donors (Lipinski definition) is 0. The zero-order chi connectivity index (χ0) is 13.5. The third kappa shape index (κ3) is 4.10. The largest absolute Gasteiger partial charge is 0.346 e. The minimum absolute atomic E-state index is 0.446. The number of rotatable bonds is 0. The summed E-state index contributed by atoms with van der Waals surface area (Å²) in [6, 6.07) is 1.98. The van der Waals surface area contributed by atoms with Gasteiger partial charge in [0.15, 0.2) is 7.98 Å². The predicted octanol–water partition coefficient (Wildman–Crippen LogP) is 2.92. The third-order valence-corrected chi connectivity index (χ3v) is 3.62. The number of nitrogens with zero attached hydrogens (tertiary/aromatic N) is 2. The Morgan fingerprint density at radius 3 is 1.19 bits per heavy atom. The minimum Gasteiger partial charge on any atom is -0.346 e. The van der Waals surface area contributed by atoms with E-state index in [0.29, 0.717) is 24.2 Å². The van der Waals surface area contributed by atoms with Gasteiger partial charge in [-0.05, 0) is 34.7 Å². The van der Waals surface area contributed by atoms with Crippen LogP contribution in [0.5, 0.6) is 0 Å². The number of likely N-dealkylation sites (N-methyl/N-ethyl adjacent to an activating group) is 1. The Morgan fingerprint density at radius 2 is 0.938 bits per heavy atom. The molecular weight excluding hydrogens is 195 g/mol. The van der Waals surface area contributed by atoms with Gasteiger partial charge in [0.1, 0.15) is 0 Å². The summed E-state index contributed by atoms with van der Waals surface area (Å²) in [7, 11) is 8.15. The first kappa shape index (κ1) is 18.4. The van der Waals surface area contributed by atoms with Gasteiger partial charge in [0.05, 0.1) is 0 Å². The molecule has 4 unspecified atom stereocenters. The predicted molar refractivity (Wildman–Crippen MR) is 75.9 cm³/mol. The summed E-state index contributed by atoms with van der Waals surface area (Å²) >= 11 is 0. The van der Waals surface area contributed by atoms with Crippen molar-refractivity contribution in [2.24, 2.45) is 0 Å². The molecule has 0 amide bonds. The zero-order valence-electron chi connectivity index (χ0n) is 12.8. The fourth-order valence-corrected chi connectivity index (χ4v) is 1.92. The average Bonchev–Trinajstić information content (AvgIpc) is 2.36. The van der Waals surface area contributed by atoms with Gasteiger partial charge in [-0.2, -0.15) is 0 Å². The van der Waals surface area contributed by atoms with Gasteiger partial charge in [0.25, 0.3) is 0 Å². The molecule has 4 atom stereocenters. The van der Waals surface area contributed by atoms with E-state index in [9.17, 15) is 0 Å². The Kier molecular flexibility index (Phi) is 10.4. The molecule has 0 spiro atoms. The monoisotopic (exact) mass is 226 g/mol. The van der Waals surface area contributed by atoms with Crippen LogP contribution in [0, 0.1) is 0 Å². The fourth-order valence-electron chi connectivity index (χ4n) is 1.92. The van der Waals surface area contributed by atoms with Crippen LogP contribution in [0.1, 0.15) is 55.4 Å². The summed E-state index contributed by atoms with van der Waals surface area (Å²) in [6.07, 6.45) is 0. The molecule has 2 nitrogen and oxygen atoms in total. The van der Waals surface area contributed by atoms with E-state index in [0.717, 1.165) is 0 Å². The van der Waals surface area contributed by atoms with Gasteiger partial charge in [0, 0.05) is 24.2 Å². The maximum absolute atomic E-state index is 5.97. The van der Waals surface area contributed by atoms with Crippen molar-refractivity contribution in [2.45, 2.75) is 79.6 Å². The smallest absolute Gasteiger partial charge is 0.183 e. The van der Waals surface area contributed by atoms with E-state index in [2.05, 4.69) is 39.6 Å². The highest BCUT2D eigenvalue weighted by molar-refractivity contribution is 6.05. The van der Waals surface area contributed by atoms with Gasteiger partial charge in [0.2, 0.25) is 0 Å². The summed E-state index contributed by atoms with van der Waals surface area (Å²) < 4.78 is 0. The van der Waals surface area contributed by atoms with Crippen LogP contribution in [-0.4, -0.2) is 48.9 Å². The van der Waals surface area contributed by atoms with Crippen LogP contribution in [0.15, 0.2) is 0 Å². The SMILES string of the molecule is CC.CC.[B]N1C(C)C(C)N(C)C(C)C1C. The second-order valence-electron chi connectivity index (χ2n) is 4.08. The van der Waals surface area contributed by atoms with Crippen LogP contribution in [0.2, 0.25) is 0 Å². The van der Waals surface area contributed by atoms with E-state index in [1.165, 1.54) is 0 Å². The quantitative estimate of drug-likeness (QED) is 0.586. The fraction of sp³-hybridized carbons (Fsp3) is 1.00. The van der Waals surface area contributed by atoms with E-state index in [4.69, 9.17) is 7.98 Å². The molecule has 1 aliphatic rings. The van der Waals surface area contributed by atoms with Crippen LogP contribution in [0.3, 0.4) is 0 Å². The summed E-state index contributed by atoms with van der Waals surface area (Å²) in [5, 5.41) is 0. The van der Waals surface area contributed by atoms with Gasteiger partial charge in [-0.3, -0.25) is 4.90 Å². The van der Waals surface area contributed by atoms with Crippen molar-refractivity contribution in [1.29, 1.82) is 0 Å². The van der Waals surface area contributed by atoms with Gasteiger partial charge < -0.3 is 4.81 Å². The summed E-state index contributed by atoms with van der Waals surface area (Å²) in [5.74, 6) is 0. The molecule has 0 aromatic heterocycles. The Labute approximate surface area is 105 Å². The molecule has 96 valence electrons. The first-order chi connectivity index (χ1) is 7.46. The summed E-state index contributed by atoms with van der Waals surface area (Å²) in [5.41, 5.74) is 0. The van der Waals surface area contributed by atoms with E-state index >= 15 is 0 Å². The van der Waals surface area contributed by atoms with Crippen molar-refractivity contribution in [3.05, 3.63) is 0 Å². The van der Waals surface area contributed by atoms with Gasteiger partial charge in [-0.1, -0.05) is 27.7 Å². The average molecular weight is 226 g/mol. The number of hydrogen-bond acceptors (Lipinski definition) is 2. The van der Waals surface area contributed by atoms with E-state index in [-0.39, 0.29) is 0 Å². The molecule has 1 rings (SSSR count). The molecule has 16 heavy (non-hydrogen) atoms. The van der Waals surface area contributed by atoms with Crippen LogP contribution >= 0.6 is 0 Å². The van der Waals surface area contributed by atoms with Crippen molar-refractivity contribution in [3.63, 3.8) is 0 Å². The molecule has 0 saturated carbocycles. The highest BCUT2D eigenvalue weighted by Crippen LogP contribution is 2.22. The Hall–Kier alpha value is -0.0151. The second-order valence-corrected chi connectivity index (χ2v) is 4.08. The minimum atomic E-state index is 0.446. The van der Waals surface area contributed by atoms with Crippen LogP contribution in [-0.2, 0) is 0 Å². The molecule has 1 fully saturated rings. The van der Waals surface area contributed by atoms with Crippen LogP contribution in [0.25, 0.3) is 0 Å². The topological polar surface area (TPSA) is 6.48 Å². The lowest BCUT2D eigenvalue weighted by Crippen LogP contribution is -2.63. The van der Waals surface area contributed by atoms with Crippen LogP contribution < -0.4 is 0 Å². The van der Waals surface area contributed by atoms with Crippen molar-refractivity contribution in [3.8, 4) is 0 Å². The van der Waals surface area contributed by atoms with E-state index in [1.54, 1.807) is 0 Å². The Bertz CT molecular complexity index is 105. The maximum atomic E-state index is 5.97. The first-order valence-electron chi connectivity index (χ1n) is 6.71. The first-order valence-corrected chi connectivity index (χ1v) is 6.71. The van der Waals surface area contributed by atoms with E-state index < -0.39 is 0 Å². The molecule has 3 heteroatoms. The Balaban J connectivity index is 0. The van der Waals surface area contributed by atoms with Crippen molar-refractivity contribution >= 4 is 7.98 Å². The molecule has 0 N–H and O–H groups in total. The molecule has 0 aromatic rings. The third-order valence-electron chi connectivity index (χ3n) is 3.62. The van der Waals surface area contributed by atoms with Gasteiger partial charge in [-0.15, -0.1) is 0 Å². The molecule has 0 aliphatic carbocycles. The zero-order valence-corrected chi connectivity index (χ0v) is 12.8.